The van der Waals surface area contributed by atoms with E-state index >= 15 is 0 Å². The Labute approximate surface area is 106 Å². The molecule has 0 atom stereocenters. The molecule has 5 heteroatoms. The van der Waals surface area contributed by atoms with Crippen molar-refractivity contribution in [3.8, 4) is 0 Å². The van der Waals surface area contributed by atoms with Gasteiger partial charge in [0.05, 0.1) is 9.52 Å². The van der Waals surface area contributed by atoms with Crippen LogP contribution in [0.15, 0.2) is 11.6 Å². The Morgan fingerprint density at radius 2 is 1.94 bits per heavy atom. The van der Waals surface area contributed by atoms with Gasteiger partial charge in [-0.2, -0.15) is 0 Å². The second-order valence-corrected chi connectivity index (χ2v) is 5.77. The fourth-order valence-electron chi connectivity index (χ4n) is 1.45. The molecule has 0 spiro atoms. The number of carboxylic acids is 1. The number of hydrogen-bond donors (Lipinski definition) is 1. The summed E-state index contributed by atoms with van der Waals surface area (Å²) in [6, 6.07) is 1.12. The van der Waals surface area contributed by atoms with Gasteiger partial charge in [-0.25, -0.2) is 4.79 Å². The molecule has 0 aliphatic rings. The Hall–Kier alpha value is -0.653. The van der Waals surface area contributed by atoms with Crippen molar-refractivity contribution in [2.24, 2.45) is 0 Å². The van der Waals surface area contributed by atoms with Crippen molar-refractivity contribution in [1.29, 1.82) is 0 Å². The van der Waals surface area contributed by atoms with Crippen LogP contribution in [0.5, 0.6) is 0 Å². The molecule has 0 aromatic rings. The summed E-state index contributed by atoms with van der Waals surface area (Å²) in [4.78, 5) is 10.5. The first-order chi connectivity index (χ1) is 8.11. The first-order valence-corrected chi connectivity index (χ1v) is 8.06. The average Bonchev–Trinajstić information content (AvgIpc) is 2.28. The lowest BCUT2D eigenvalue weighted by Gasteiger charge is -2.16. The minimum absolute atomic E-state index is 0.0227. The minimum atomic E-state index is -0.830. The Morgan fingerprint density at radius 1 is 1.35 bits per heavy atom. The predicted molar refractivity (Wildman–Crippen MR) is 71.0 cm³/mol. The average molecular weight is 260 g/mol. The van der Waals surface area contributed by atoms with E-state index in [2.05, 4.69) is 0 Å². The second-order valence-electron chi connectivity index (χ2n) is 3.82. The first-order valence-electron chi connectivity index (χ1n) is 6.25. The van der Waals surface area contributed by atoms with Crippen LogP contribution >= 0.6 is 0 Å². The third-order valence-corrected chi connectivity index (χ3v) is 4.24. The van der Waals surface area contributed by atoms with Gasteiger partial charge in [0.1, 0.15) is 5.91 Å². The van der Waals surface area contributed by atoms with Crippen molar-refractivity contribution in [2.45, 2.75) is 45.6 Å². The van der Waals surface area contributed by atoms with Crippen molar-refractivity contribution >= 4 is 15.5 Å². The van der Waals surface area contributed by atoms with Crippen LogP contribution in [-0.2, 0) is 14.3 Å². The number of hydrogen-bond acceptors (Lipinski definition) is 3. The molecule has 0 heterocycles. The standard InChI is InChI=1S/C12H24O4Si/c1-4-15-12(16-5-2)17-9-7-6-8-10(3)11(13)14/h8,12H,4-7,9,17H2,1-3H3,(H,13,14)/b10-8+. The van der Waals surface area contributed by atoms with Crippen LogP contribution in [0.1, 0.15) is 33.6 Å². The number of aliphatic carboxylic acids is 1. The maximum absolute atomic E-state index is 10.5. The number of ether oxygens (including phenoxy) is 2. The highest BCUT2D eigenvalue weighted by molar-refractivity contribution is 6.36. The molecule has 0 saturated heterocycles. The van der Waals surface area contributed by atoms with Crippen molar-refractivity contribution in [3.05, 3.63) is 11.6 Å². The Bertz CT molecular complexity index is 235. The van der Waals surface area contributed by atoms with Gasteiger partial charge in [0, 0.05) is 18.8 Å². The van der Waals surface area contributed by atoms with Crippen molar-refractivity contribution in [3.63, 3.8) is 0 Å². The van der Waals surface area contributed by atoms with Crippen molar-refractivity contribution in [1.82, 2.24) is 0 Å². The number of rotatable bonds is 10. The molecule has 0 aliphatic carbocycles. The smallest absolute Gasteiger partial charge is 0.330 e. The van der Waals surface area contributed by atoms with Gasteiger partial charge in [0.2, 0.25) is 0 Å². The zero-order valence-corrected chi connectivity index (χ0v) is 12.5. The Balaban J connectivity index is 3.67. The maximum atomic E-state index is 10.5. The van der Waals surface area contributed by atoms with E-state index in [1.165, 1.54) is 0 Å². The van der Waals surface area contributed by atoms with Gasteiger partial charge in [-0.15, -0.1) is 0 Å². The monoisotopic (exact) mass is 260 g/mol. The van der Waals surface area contributed by atoms with E-state index in [9.17, 15) is 4.79 Å². The van der Waals surface area contributed by atoms with E-state index in [4.69, 9.17) is 14.6 Å². The lowest BCUT2D eigenvalue weighted by Crippen LogP contribution is -2.24. The van der Waals surface area contributed by atoms with E-state index in [1.807, 2.05) is 13.8 Å². The van der Waals surface area contributed by atoms with Gasteiger partial charge < -0.3 is 14.6 Å². The van der Waals surface area contributed by atoms with E-state index in [-0.39, 0.29) is 15.4 Å². The van der Waals surface area contributed by atoms with Crippen LogP contribution in [0, 0.1) is 0 Å². The van der Waals surface area contributed by atoms with Crippen LogP contribution in [0.2, 0.25) is 6.04 Å². The van der Waals surface area contributed by atoms with E-state index < -0.39 is 5.97 Å². The molecule has 0 saturated carbocycles. The molecular formula is C12H24O4Si. The van der Waals surface area contributed by atoms with Gasteiger partial charge in [-0.05, 0) is 27.2 Å². The quantitative estimate of drug-likeness (QED) is 0.281. The van der Waals surface area contributed by atoms with Crippen LogP contribution < -0.4 is 0 Å². The molecule has 0 bridgehead atoms. The molecular weight excluding hydrogens is 236 g/mol. The van der Waals surface area contributed by atoms with Gasteiger partial charge in [0.15, 0.2) is 0 Å². The zero-order valence-electron chi connectivity index (χ0n) is 11.1. The highest BCUT2D eigenvalue weighted by atomic mass is 28.2. The van der Waals surface area contributed by atoms with Crippen molar-refractivity contribution < 1.29 is 19.4 Å². The molecule has 100 valence electrons. The summed E-state index contributed by atoms with van der Waals surface area (Å²) in [7, 11) is -0.382. The highest BCUT2D eigenvalue weighted by Crippen LogP contribution is 2.04. The maximum Gasteiger partial charge on any atom is 0.330 e. The zero-order chi connectivity index (χ0) is 13.1. The lowest BCUT2D eigenvalue weighted by molar-refractivity contribution is -0.132. The number of unbranched alkanes of at least 4 members (excludes halogenated alkanes) is 1. The summed E-state index contributed by atoms with van der Waals surface area (Å²) >= 11 is 0. The Kier molecular flexibility index (Phi) is 10.1. The van der Waals surface area contributed by atoms with Crippen LogP contribution in [-0.4, -0.2) is 39.7 Å². The third-order valence-electron chi connectivity index (χ3n) is 2.39. The first kappa shape index (κ1) is 16.3. The second kappa shape index (κ2) is 10.5. The minimum Gasteiger partial charge on any atom is -0.478 e. The summed E-state index contributed by atoms with van der Waals surface area (Å²) < 4.78 is 11.0. The van der Waals surface area contributed by atoms with Crippen LogP contribution in [0.25, 0.3) is 0 Å². The molecule has 0 aromatic carbocycles. The van der Waals surface area contributed by atoms with Gasteiger partial charge >= 0.3 is 5.97 Å². The lowest BCUT2D eigenvalue weighted by atomic mass is 10.2. The molecule has 0 aromatic heterocycles. The summed E-state index contributed by atoms with van der Waals surface area (Å²) in [5.41, 5.74) is 0.429. The summed E-state index contributed by atoms with van der Waals surface area (Å²) in [6.07, 6.45) is 3.64. The number of allylic oxidation sites excluding steroid dienone is 1. The van der Waals surface area contributed by atoms with Crippen LogP contribution in [0.3, 0.4) is 0 Å². The molecule has 4 nitrogen and oxygen atoms in total. The molecule has 1 N–H and O–H groups in total. The van der Waals surface area contributed by atoms with Gasteiger partial charge in [0.25, 0.3) is 0 Å². The van der Waals surface area contributed by atoms with E-state index in [1.54, 1.807) is 13.0 Å². The molecule has 0 rings (SSSR count). The largest absolute Gasteiger partial charge is 0.478 e. The molecule has 0 radical (unpaired) electrons. The van der Waals surface area contributed by atoms with Gasteiger partial charge in [-0.1, -0.05) is 18.5 Å². The van der Waals surface area contributed by atoms with Crippen LogP contribution in [0.4, 0.5) is 0 Å². The normalized spacial score (nSPS) is 12.8. The summed E-state index contributed by atoms with van der Waals surface area (Å²) in [5.74, 6) is -0.807. The predicted octanol–water partition coefficient (Wildman–Crippen LogP) is 1.74. The fourth-order valence-corrected chi connectivity index (χ4v) is 3.16. The topological polar surface area (TPSA) is 55.8 Å². The molecule has 0 unspecified atom stereocenters. The number of carboxylic acid groups (broad SMARTS) is 1. The summed E-state index contributed by atoms with van der Waals surface area (Å²) in [5, 5.41) is 8.67. The highest BCUT2D eigenvalue weighted by Gasteiger charge is 2.07. The Morgan fingerprint density at radius 3 is 2.41 bits per heavy atom. The van der Waals surface area contributed by atoms with E-state index in [0.717, 1.165) is 18.9 Å². The molecule has 0 fully saturated rings. The van der Waals surface area contributed by atoms with E-state index in [0.29, 0.717) is 18.8 Å². The number of carbonyl (C=O) groups is 1. The SMILES string of the molecule is CCOC(OCC)[SiH2]CCC/C=C(\C)C(=O)O. The summed E-state index contributed by atoms with van der Waals surface area (Å²) in [6.45, 7) is 6.95. The van der Waals surface area contributed by atoms with Crippen molar-refractivity contribution in [2.75, 3.05) is 13.2 Å². The molecule has 0 amide bonds. The third kappa shape index (κ3) is 9.09. The molecule has 0 aliphatic heterocycles. The fraction of sp³-hybridized carbons (Fsp3) is 0.750. The van der Waals surface area contributed by atoms with Gasteiger partial charge in [-0.3, -0.25) is 0 Å². The molecule has 17 heavy (non-hydrogen) atoms.